The third kappa shape index (κ3) is 3.55. The van der Waals surface area contributed by atoms with Crippen LogP contribution in [0.1, 0.15) is 5.56 Å². The average Bonchev–Trinajstić information content (AvgIpc) is 2.68. The SMILES string of the molecule is Cc1cc2c(cc1S(=O)(=O)N1CCN(c3ccc(Cl)cc3)CC1)OCC(=O)N2. The van der Waals surface area contributed by atoms with Gasteiger partial charge in [0.05, 0.1) is 10.6 Å². The molecule has 0 unspecified atom stereocenters. The highest BCUT2D eigenvalue weighted by Crippen LogP contribution is 2.34. The molecule has 0 aromatic heterocycles. The van der Waals surface area contributed by atoms with Crippen LogP contribution in [0.5, 0.6) is 5.75 Å². The summed E-state index contributed by atoms with van der Waals surface area (Å²) in [6.45, 7) is 3.57. The quantitative estimate of drug-likeness (QED) is 0.823. The molecule has 2 aliphatic heterocycles. The van der Waals surface area contributed by atoms with E-state index in [9.17, 15) is 13.2 Å². The van der Waals surface area contributed by atoms with Gasteiger partial charge in [-0.1, -0.05) is 11.6 Å². The lowest BCUT2D eigenvalue weighted by Crippen LogP contribution is -2.48. The molecule has 28 heavy (non-hydrogen) atoms. The summed E-state index contributed by atoms with van der Waals surface area (Å²) in [7, 11) is -3.66. The van der Waals surface area contributed by atoms with Crippen LogP contribution in [0, 0.1) is 6.92 Å². The van der Waals surface area contributed by atoms with E-state index in [4.69, 9.17) is 16.3 Å². The number of amides is 1. The van der Waals surface area contributed by atoms with E-state index in [1.54, 1.807) is 13.0 Å². The molecule has 1 fully saturated rings. The van der Waals surface area contributed by atoms with Gasteiger partial charge in [-0.15, -0.1) is 0 Å². The number of hydrogen-bond donors (Lipinski definition) is 1. The molecule has 2 heterocycles. The van der Waals surface area contributed by atoms with Gasteiger partial charge in [0.2, 0.25) is 10.0 Å². The van der Waals surface area contributed by atoms with Crippen molar-refractivity contribution in [2.24, 2.45) is 0 Å². The minimum Gasteiger partial charge on any atom is -0.482 e. The number of ether oxygens (including phenoxy) is 1. The predicted octanol–water partition coefficient (Wildman–Crippen LogP) is 2.49. The molecule has 4 rings (SSSR count). The molecule has 0 spiro atoms. The second kappa shape index (κ2) is 7.27. The zero-order valence-corrected chi connectivity index (χ0v) is 16.9. The molecule has 1 N–H and O–H groups in total. The van der Waals surface area contributed by atoms with Crippen LogP contribution in [-0.2, 0) is 14.8 Å². The standard InChI is InChI=1S/C19H20ClN3O4S/c1-13-10-16-17(27-12-19(24)21-16)11-18(13)28(25,26)23-8-6-22(7-9-23)15-4-2-14(20)3-5-15/h2-5,10-11H,6-9,12H2,1H3,(H,21,24). The highest BCUT2D eigenvalue weighted by molar-refractivity contribution is 7.89. The van der Waals surface area contributed by atoms with Crippen molar-refractivity contribution in [1.82, 2.24) is 4.31 Å². The summed E-state index contributed by atoms with van der Waals surface area (Å²) in [5.74, 6) is 0.129. The van der Waals surface area contributed by atoms with Gasteiger partial charge in [-0.2, -0.15) is 4.31 Å². The number of sulfonamides is 1. The van der Waals surface area contributed by atoms with Crippen molar-refractivity contribution in [3.8, 4) is 5.75 Å². The van der Waals surface area contributed by atoms with Crippen molar-refractivity contribution in [3.63, 3.8) is 0 Å². The fourth-order valence-corrected chi connectivity index (χ4v) is 5.24. The van der Waals surface area contributed by atoms with E-state index in [0.29, 0.717) is 48.2 Å². The number of halogens is 1. The van der Waals surface area contributed by atoms with Crippen molar-refractivity contribution in [1.29, 1.82) is 0 Å². The minimum atomic E-state index is -3.66. The molecule has 9 heteroatoms. The normalized spacial score (nSPS) is 17.6. The van der Waals surface area contributed by atoms with Crippen LogP contribution in [0.3, 0.4) is 0 Å². The van der Waals surface area contributed by atoms with Gasteiger partial charge < -0.3 is 15.0 Å². The number of rotatable bonds is 3. The molecule has 2 aromatic rings. The highest BCUT2D eigenvalue weighted by Gasteiger charge is 2.31. The molecule has 1 saturated heterocycles. The predicted molar refractivity (Wildman–Crippen MR) is 108 cm³/mol. The van der Waals surface area contributed by atoms with Gasteiger partial charge in [0.1, 0.15) is 5.75 Å². The number of hydrogen-bond acceptors (Lipinski definition) is 5. The molecular formula is C19H20ClN3O4S. The Morgan fingerprint density at radius 3 is 2.43 bits per heavy atom. The molecule has 7 nitrogen and oxygen atoms in total. The zero-order chi connectivity index (χ0) is 19.9. The maximum absolute atomic E-state index is 13.2. The van der Waals surface area contributed by atoms with Crippen molar-refractivity contribution < 1.29 is 17.9 Å². The summed E-state index contributed by atoms with van der Waals surface area (Å²) < 4.78 is 33.3. The van der Waals surface area contributed by atoms with Crippen LogP contribution < -0.4 is 15.0 Å². The number of aryl methyl sites for hydroxylation is 1. The van der Waals surface area contributed by atoms with Crippen LogP contribution in [0.2, 0.25) is 5.02 Å². The lowest BCUT2D eigenvalue weighted by molar-refractivity contribution is -0.118. The summed E-state index contributed by atoms with van der Waals surface area (Å²) in [4.78, 5) is 13.8. The second-order valence-electron chi connectivity index (χ2n) is 6.82. The number of anilines is 2. The van der Waals surface area contributed by atoms with E-state index in [1.165, 1.54) is 10.4 Å². The minimum absolute atomic E-state index is 0.116. The van der Waals surface area contributed by atoms with Gasteiger partial charge in [0.25, 0.3) is 5.91 Å². The fourth-order valence-electron chi connectivity index (χ4n) is 3.47. The summed E-state index contributed by atoms with van der Waals surface area (Å²) in [5.41, 5.74) is 2.10. The Morgan fingerprint density at radius 1 is 1.07 bits per heavy atom. The third-order valence-corrected chi connectivity index (χ3v) is 7.25. The van der Waals surface area contributed by atoms with Crippen molar-refractivity contribution in [2.45, 2.75) is 11.8 Å². The van der Waals surface area contributed by atoms with Gasteiger partial charge in [-0.3, -0.25) is 4.79 Å². The lowest BCUT2D eigenvalue weighted by atomic mass is 10.2. The van der Waals surface area contributed by atoms with Gasteiger partial charge >= 0.3 is 0 Å². The maximum Gasteiger partial charge on any atom is 0.262 e. The van der Waals surface area contributed by atoms with E-state index in [-0.39, 0.29) is 17.4 Å². The van der Waals surface area contributed by atoms with Crippen molar-refractivity contribution >= 4 is 38.9 Å². The van der Waals surface area contributed by atoms with Gasteiger partial charge in [-0.25, -0.2) is 8.42 Å². The van der Waals surface area contributed by atoms with Crippen LogP contribution in [0.15, 0.2) is 41.3 Å². The molecule has 0 atom stereocenters. The summed E-state index contributed by atoms with van der Waals surface area (Å²) >= 11 is 5.94. The van der Waals surface area contributed by atoms with Crippen LogP contribution >= 0.6 is 11.6 Å². The first-order valence-electron chi connectivity index (χ1n) is 8.92. The molecule has 0 saturated carbocycles. The number of carbonyl (C=O) groups excluding carboxylic acids is 1. The Balaban J connectivity index is 1.53. The zero-order valence-electron chi connectivity index (χ0n) is 15.3. The van der Waals surface area contributed by atoms with Gasteiger partial charge in [0, 0.05) is 43.0 Å². The molecule has 0 radical (unpaired) electrons. The smallest absolute Gasteiger partial charge is 0.262 e. The van der Waals surface area contributed by atoms with E-state index >= 15 is 0 Å². The molecule has 148 valence electrons. The largest absolute Gasteiger partial charge is 0.482 e. The number of carbonyl (C=O) groups is 1. The maximum atomic E-state index is 13.2. The van der Waals surface area contributed by atoms with Crippen LogP contribution in [0.4, 0.5) is 11.4 Å². The summed E-state index contributed by atoms with van der Waals surface area (Å²) in [6, 6.07) is 10.7. The third-order valence-electron chi connectivity index (χ3n) is 4.96. The first-order valence-corrected chi connectivity index (χ1v) is 10.7. The highest BCUT2D eigenvalue weighted by atomic mass is 35.5. The molecule has 2 aromatic carbocycles. The molecule has 0 aliphatic carbocycles. The molecular weight excluding hydrogens is 402 g/mol. The number of piperazine rings is 1. The van der Waals surface area contributed by atoms with Gasteiger partial charge in [0.15, 0.2) is 6.61 Å². The monoisotopic (exact) mass is 421 g/mol. The average molecular weight is 422 g/mol. The lowest BCUT2D eigenvalue weighted by Gasteiger charge is -2.35. The molecule has 2 aliphatic rings. The Morgan fingerprint density at radius 2 is 1.75 bits per heavy atom. The van der Waals surface area contributed by atoms with Gasteiger partial charge in [-0.05, 0) is 42.8 Å². The number of nitrogens with one attached hydrogen (secondary N) is 1. The topological polar surface area (TPSA) is 79.0 Å². The fraction of sp³-hybridized carbons (Fsp3) is 0.316. The Bertz CT molecular complexity index is 1020. The Labute approximate surface area is 168 Å². The van der Waals surface area contributed by atoms with Crippen molar-refractivity contribution in [3.05, 3.63) is 47.0 Å². The Hall–Kier alpha value is -2.29. The van der Waals surface area contributed by atoms with E-state index in [1.807, 2.05) is 24.3 Å². The number of benzene rings is 2. The van der Waals surface area contributed by atoms with Crippen molar-refractivity contribution in [2.75, 3.05) is 43.0 Å². The van der Waals surface area contributed by atoms with E-state index in [2.05, 4.69) is 10.2 Å². The summed E-state index contributed by atoms with van der Waals surface area (Å²) in [5, 5.41) is 3.37. The van der Waals surface area contributed by atoms with E-state index in [0.717, 1.165) is 5.69 Å². The second-order valence-corrected chi connectivity index (χ2v) is 9.16. The summed E-state index contributed by atoms with van der Waals surface area (Å²) in [6.07, 6.45) is 0. The first-order chi connectivity index (χ1) is 13.3. The van der Waals surface area contributed by atoms with E-state index < -0.39 is 10.0 Å². The number of fused-ring (bicyclic) bond motifs is 1. The van der Waals surface area contributed by atoms with Crippen LogP contribution in [0.25, 0.3) is 0 Å². The Kier molecular flexibility index (Phi) is 4.95. The first kappa shape index (κ1) is 19.0. The number of nitrogens with zero attached hydrogens (tertiary/aromatic N) is 2. The molecule has 0 bridgehead atoms. The van der Waals surface area contributed by atoms with Crippen LogP contribution in [-0.4, -0.2) is 51.4 Å². The molecule has 1 amide bonds.